The van der Waals surface area contributed by atoms with E-state index in [9.17, 15) is 0 Å². The summed E-state index contributed by atoms with van der Waals surface area (Å²) in [6, 6.07) is 18.8. The molecule has 1 aliphatic rings. The van der Waals surface area contributed by atoms with E-state index in [1.54, 1.807) is 6.20 Å². The minimum absolute atomic E-state index is 0. The van der Waals surface area contributed by atoms with Gasteiger partial charge in [-0.1, -0.05) is 24.3 Å². The molecule has 4 rings (SSSR count). The molecular weight excluding hydrogens is 407 g/mol. The van der Waals surface area contributed by atoms with Crippen molar-refractivity contribution >= 4 is 24.8 Å². The molecule has 1 aliphatic heterocycles. The van der Waals surface area contributed by atoms with Crippen LogP contribution in [0.4, 0.5) is 0 Å². The fourth-order valence-corrected chi connectivity index (χ4v) is 3.40. The Labute approximate surface area is 184 Å². The first kappa shape index (κ1) is 23.1. The molecule has 0 aliphatic carbocycles. The highest BCUT2D eigenvalue weighted by atomic mass is 35.5. The number of hydrogen-bond acceptors (Lipinski definition) is 5. The molecule has 3 aromatic rings. The SMILES string of the molecule is Cl.Cl.c1ccc(COc2ccc(CN3CCNCC3c3cccnc3)cc2)nc1. The van der Waals surface area contributed by atoms with Crippen LogP contribution in [0, 0.1) is 0 Å². The zero-order valence-electron chi connectivity index (χ0n) is 16.1. The lowest BCUT2D eigenvalue weighted by Crippen LogP contribution is -2.45. The van der Waals surface area contributed by atoms with E-state index in [0.717, 1.165) is 37.6 Å². The largest absolute Gasteiger partial charge is 0.487 e. The van der Waals surface area contributed by atoms with Gasteiger partial charge < -0.3 is 10.1 Å². The highest BCUT2D eigenvalue weighted by molar-refractivity contribution is 5.85. The number of hydrogen-bond donors (Lipinski definition) is 1. The standard InChI is InChI=1S/C22H24N4O.2ClH/c1-2-11-25-20(5-1)17-27-21-8-6-18(7-9-21)16-26-13-12-24-15-22(26)19-4-3-10-23-14-19;;/h1-11,14,22,24H,12-13,15-17H2;2*1H. The van der Waals surface area contributed by atoms with Crippen LogP contribution in [0.5, 0.6) is 5.75 Å². The Hall–Kier alpha value is -2.18. The molecule has 0 bridgehead atoms. The summed E-state index contributed by atoms with van der Waals surface area (Å²) >= 11 is 0. The van der Waals surface area contributed by atoms with E-state index in [-0.39, 0.29) is 24.8 Å². The molecule has 1 unspecified atom stereocenters. The second kappa shape index (κ2) is 11.7. The second-order valence-electron chi connectivity index (χ2n) is 6.73. The van der Waals surface area contributed by atoms with Crippen molar-refractivity contribution in [3.8, 4) is 5.75 Å². The minimum atomic E-state index is 0. The summed E-state index contributed by atoms with van der Waals surface area (Å²) in [4.78, 5) is 11.1. The van der Waals surface area contributed by atoms with Gasteiger partial charge in [-0.3, -0.25) is 14.9 Å². The van der Waals surface area contributed by atoms with Crippen LogP contribution >= 0.6 is 24.8 Å². The van der Waals surface area contributed by atoms with Crippen molar-refractivity contribution in [2.24, 2.45) is 0 Å². The molecule has 0 radical (unpaired) electrons. The molecule has 0 saturated carbocycles. The van der Waals surface area contributed by atoms with Gasteiger partial charge in [0.2, 0.25) is 0 Å². The van der Waals surface area contributed by atoms with Gasteiger partial charge in [0.1, 0.15) is 12.4 Å². The predicted octanol–water partition coefficient (Wildman–Crippen LogP) is 4.05. The Morgan fingerprint density at radius 3 is 2.59 bits per heavy atom. The van der Waals surface area contributed by atoms with Gasteiger partial charge in [0.05, 0.1) is 5.69 Å². The van der Waals surface area contributed by atoms with Crippen LogP contribution in [0.2, 0.25) is 0 Å². The Morgan fingerprint density at radius 2 is 1.86 bits per heavy atom. The molecule has 154 valence electrons. The van der Waals surface area contributed by atoms with Gasteiger partial charge in [-0.2, -0.15) is 0 Å². The van der Waals surface area contributed by atoms with E-state index < -0.39 is 0 Å². The van der Waals surface area contributed by atoms with Crippen molar-refractivity contribution in [3.63, 3.8) is 0 Å². The average Bonchev–Trinajstić information content (AvgIpc) is 2.75. The van der Waals surface area contributed by atoms with E-state index in [4.69, 9.17) is 4.74 Å². The van der Waals surface area contributed by atoms with Crippen LogP contribution in [0.1, 0.15) is 22.9 Å². The van der Waals surface area contributed by atoms with E-state index in [2.05, 4.69) is 38.4 Å². The van der Waals surface area contributed by atoms with Crippen LogP contribution in [-0.4, -0.2) is 34.5 Å². The van der Waals surface area contributed by atoms with Crippen LogP contribution in [0.15, 0.2) is 73.2 Å². The van der Waals surface area contributed by atoms with Gasteiger partial charge in [0.25, 0.3) is 0 Å². The Morgan fingerprint density at radius 1 is 1.00 bits per heavy atom. The lowest BCUT2D eigenvalue weighted by Gasteiger charge is -2.36. The molecule has 1 N–H and O–H groups in total. The van der Waals surface area contributed by atoms with Crippen LogP contribution in [-0.2, 0) is 13.2 Å². The Bertz CT molecular complexity index is 834. The predicted molar refractivity (Wildman–Crippen MR) is 120 cm³/mol. The summed E-state index contributed by atoms with van der Waals surface area (Å²) in [5.74, 6) is 0.869. The smallest absolute Gasteiger partial charge is 0.130 e. The molecule has 1 aromatic carbocycles. The summed E-state index contributed by atoms with van der Waals surface area (Å²) in [6.45, 7) is 4.40. The highest BCUT2D eigenvalue weighted by Gasteiger charge is 2.23. The number of rotatable bonds is 6. The number of nitrogens with one attached hydrogen (secondary N) is 1. The maximum atomic E-state index is 5.83. The van der Waals surface area contributed by atoms with Crippen molar-refractivity contribution in [1.29, 1.82) is 0 Å². The maximum absolute atomic E-state index is 5.83. The van der Waals surface area contributed by atoms with E-state index in [1.165, 1.54) is 11.1 Å². The van der Waals surface area contributed by atoms with E-state index in [1.807, 2.05) is 48.8 Å². The molecule has 3 heterocycles. The lowest BCUT2D eigenvalue weighted by molar-refractivity contribution is 0.153. The Balaban J connectivity index is 0.00000150. The fourth-order valence-electron chi connectivity index (χ4n) is 3.40. The first-order chi connectivity index (χ1) is 13.4. The zero-order chi connectivity index (χ0) is 18.3. The van der Waals surface area contributed by atoms with Crippen molar-refractivity contribution in [2.75, 3.05) is 19.6 Å². The highest BCUT2D eigenvalue weighted by Crippen LogP contribution is 2.24. The first-order valence-corrected chi connectivity index (χ1v) is 9.35. The third-order valence-corrected chi connectivity index (χ3v) is 4.85. The quantitative estimate of drug-likeness (QED) is 0.636. The number of nitrogens with zero attached hydrogens (tertiary/aromatic N) is 3. The van der Waals surface area contributed by atoms with Crippen molar-refractivity contribution in [1.82, 2.24) is 20.2 Å². The van der Waals surface area contributed by atoms with E-state index in [0.29, 0.717) is 12.6 Å². The number of aromatic nitrogens is 2. The molecule has 2 aromatic heterocycles. The number of halogens is 2. The molecule has 5 nitrogen and oxygen atoms in total. The van der Waals surface area contributed by atoms with E-state index >= 15 is 0 Å². The van der Waals surface area contributed by atoms with Gasteiger partial charge in [0.15, 0.2) is 0 Å². The molecular formula is C22H26Cl2N4O. The number of pyridine rings is 2. The lowest BCUT2D eigenvalue weighted by atomic mass is 10.0. The summed E-state index contributed by atoms with van der Waals surface area (Å²) in [5, 5.41) is 3.50. The maximum Gasteiger partial charge on any atom is 0.130 e. The third kappa shape index (κ3) is 6.41. The van der Waals surface area contributed by atoms with Gasteiger partial charge in [-0.25, -0.2) is 0 Å². The second-order valence-corrected chi connectivity index (χ2v) is 6.73. The molecule has 0 spiro atoms. The van der Waals surface area contributed by atoms with Crippen molar-refractivity contribution in [3.05, 3.63) is 90.0 Å². The average molecular weight is 433 g/mol. The first-order valence-electron chi connectivity index (χ1n) is 9.35. The summed E-state index contributed by atoms with van der Waals surface area (Å²) in [6.07, 6.45) is 5.58. The zero-order valence-corrected chi connectivity index (χ0v) is 17.7. The monoisotopic (exact) mass is 432 g/mol. The normalized spacial score (nSPS) is 16.3. The van der Waals surface area contributed by atoms with Crippen LogP contribution in [0.25, 0.3) is 0 Å². The molecule has 1 fully saturated rings. The van der Waals surface area contributed by atoms with Gasteiger partial charge >= 0.3 is 0 Å². The van der Waals surface area contributed by atoms with Crippen molar-refractivity contribution < 1.29 is 4.74 Å². The summed E-state index contributed by atoms with van der Waals surface area (Å²) in [5.41, 5.74) is 3.48. The molecule has 1 atom stereocenters. The summed E-state index contributed by atoms with van der Waals surface area (Å²) in [7, 11) is 0. The molecule has 7 heteroatoms. The van der Waals surface area contributed by atoms with Crippen LogP contribution < -0.4 is 10.1 Å². The van der Waals surface area contributed by atoms with Crippen molar-refractivity contribution in [2.45, 2.75) is 19.2 Å². The minimum Gasteiger partial charge on any atom is -0.487 e. The summed E-state index contributed by atoms with van der Waals surface area (Å²) < 4.78 is 5.83. The molecule has 29 heavy (non-hydrogen) atoms. The van der Waals surface area contributed by atoms with Gasteiger partial charge in [0, 0.05) is 50.8 Å². The number of ether oxygens (including phenoxy) is 1. The topological polar surface area (TPSA) is 50.3 Å². The number of benzene rings is 1. The third-order valence-electron chi connectivity index (χ3n) is 4.85. The number of piperazine rings is 1. The van der Waals surface area contributed by atoms with Gasteiger partial charge in [-0.05, 0) is 41.5 Å². The molecule has 0 amide bonds. The fraction of sp³-hybridized carbons (Fsp3) is 0.273. The van der Waals surface area contributed by atoms with Gasteiger partial charge in [-0.15, -0.1) is 24.8 Å². The van der Waals surface area contributed by atoms with Crippen LogP contribution in [0.3, 0.4) is 0 Å². The Kier molecular flexibility index (Phi) is 9.35. The molecule has 1 saturated heterocycles.